The minimum atomic E-state index is -3.92. The second-order valence-electron chi connectivity index (χ2n) is 5.40. The second kappa shape index (κ2) is 7.54. The predicted octanol–water partition coefficient (Wildman–Crippen LogP) is 1.22. The Bertz CT molecular complexity index is 703. The van der Waals surface area contributed by atoms with Crippen molar-refractivity contribution in [1.82, 2.24) is 9.21 Å². The molecule has 0 aromatic heterocycles. The summed E-state index contributed by atoms with van der Waals surface area (Å²) in [6.07, 6.45) is -0.579. The molecule has 0 bridgehead atoms. The summed E-state index contributed by atoms with van der Waals surface area (Å²) in [6, 6.07) is 2.48. The Balaban J connectivity index is 2.05. The maximum Gasteiger partial charge on any atom is 0.251 e. The second-order valence-corrected chi connectivity index (χ2v) is 7.34. The van der Waals surface area contributed by atoms with E-state index in [1.54, 1.807) is 13.8 Å². The van der Waals surface area contributed by atoms with Gasteiger partial charge in [0.1, 0.15) is 6.10 Å². The molecule has 0 radical (unpaired) electrons. The van der Waals surface area contributed by atoms with Crippen molar-refractivity contribution < 1.29 is 26.7 Å². The fourth-order valence-electron chi connectivity index (χ4n) is 2.51. The molecule has 1 aliphatic rings. The van der Waals surface area contributed by atoms with Crippen molar-refractivity contribution in [3.8, 4) is 0 Å². The predicted molar refractivity (Wildman–Crippen MR) is 82.8 cm³/mol. The summed E-state index contributed by atoms with van der Waals surface area (Å²) in [6.45, 7) is 4.47. The number of halogens is 2. The van der Waals surface area contributed by atoms with Crippen molar-refractivity contribution in [2.75, 3.05) is 32.8 Å². The van der Waals surface area contributed by atoms with E-state index in [1.165, 1.54) is 4.90 Å². The molecule has 1 fully saturated rings. The molecular weight excluding hydrogens is 342 g/mol. The SMILES string of the molecule is CCOC(C)C(=O)N1CCN(S(=O)(=O)c2ccc(F)c(F)c2)CC1. The smallest absolute Gasteiger partial charge is 0.251 e. The maximum absolute atomic E-state index is 13.3. The van der Waals surface area contributed by atoms with Crippen molar-refractivity contribution in [3.63, 3.8) is 0 Å². The zero-order valence-corrected chi connectivity index (χ0v) is 14.4. The van der Waals surface area contributed by atoms with Crippen LogP contribution >= 0.6 is 0 Å². The molecule has 0 N–H and O–H groups in total. The van der Waals surface area contributed by atoms with Crippen LogP contribution in [0.15, 0.2) is 23.1 Å². The molecule has 0 saturated carbocycles. The summed E-state index contributed by atoms with van der Waals surface area (Å²) in [5, 5.41) is 0. The monoisotopic (exact) mass is 362 g/mol. The average molecular weight is 362 g/mol. The van der Waals surface area contributed by atoms with Gasteiger partial charge in [-0.3, -0.25) is 4.79 Å². The van der Waals surface area contributed by atoms with Crippen molar-refractivity contribution in [1.29, 1.82) is 0 Å². The van der Waals surface area contributed by atoms with Gasteiger partial charge in [-0.1, -0.05) is 0 Å². The number of hydrogen-bond acceptors (Lipinski definition) is 4. The van der Waals surface area contributed by atoms with E-state index >= 15 is 0 Å². The van der Waals surface area contributed by atoms with Gasteiger partial charge in [0, 0.05) is 32.8 Å². The largest absolute Gasteiger partial charge is 0.369 e. The van der Waals surface area contributed by atoms with Gasteiger partial charge in [-0.2, -0.15) is 4.31 Å². The molecule has 24 heavy (non-hydrogen) atoms. The highest BCUT2D eigenvalue weighted by Crippen LogP contribution is 2.20. The average Bonchev–Trinajstić information content (AvgIpc) is 2.57. The summed E-state index contributed by atoms with van der Waals surface area (Å²) in [4.78, 5) is 13.4. The number of piperazine rings is 1. The third-order valence-corrected chi connectivity index (χ3v) is 5.74. The highest BCUT2D eigenvalue weighted by atomic mass is 32.2. The van der Waals surface area contributed by atoms with Gasteiger partial charge in [-0.15, -0.1) is 0 Å². The third-order valence-electron chi connectivity index (χ3n) is 3.84. The molecule has 0 spiro atoms. The zero-order valence-electron chi connectivity index (χ0n) is 13.5. The van der Waals surface area contributed by atoms with E-state index in [0.717, 1.165) is 16.4 Å². The van der Waals surface area contributed by atoms with Gasteiger partial charge in [-0.05, 0) is 32.0 Å². The molecule has 0 aliphatic carbocycles. The van der Waals surface area contributed by atoms with Gasteiger partial charge in [0.25, 0.3) is 5.91 Å². The molecule has 9 heteroatoms. The fourth-order valence-corrected chi connectivity index (χ4v) is 3.95. The number of hydrogen-bond donors (Lipinski definition) is 0. The quantitative estimate of drug-likeness (QED) is 0.790. The van der Waals surface area contributed by atoms with Crippen molar-refractivity contribution in [2.45, 2.75) is 24.8 Å². The minimum Gasteiger partial charge on any atom is -0.369 e. The maximum atomic E-state index is 13.3. The molecule has 1 heterocycles. The van der Waals surface area contributed by atoms with Crippen molar-refractivity contribution >= 4 is 15.9 Å². The number of benzene rings is 1. The highest BCUT2D eigenvalue weighted by Gasteiger charge is 2.32. The normalized spacial score (nSPS) is 17.8. The highest BCUT2D eigenvalue weighted by molar-refractivity contribution is 7.89. The first-order chi connectivity index (χ1) is 11.3. The van der Waals surface area contributed by atoms with Crippen LogP contribution in [-0.2, 0) is 19.6 Å². The number of ether oxygens (including phenoxy) is 1. The van der Waals surface area contributed by atoms with Crippen LogP contribution in [-0.4, -0.2) is 62.4 Å². The Morgan fingerprint density at radius 1 is 1.21 bits per heavy atom. The molecule has 1 atom stereocenters. The number of sulfonamides is 1. The summed E-state index contributed by atoms with van der Waals surface area (Å²) >= 11 is 0. The number of amides is 1. The van der Waals surface area contributed by atoms with Crippen LogP contribution in [0.5, 0.6) is 0 Å². The van der Waals surface area contributed by atoms with Gasteiger partial charge in [-0.25, -0.2) is 17.2 Å². The topological polar surface area (TPSA) is 66.9 Å². The molecule has 1 unspecified atom stereocenters. The van der Waals surface area contributed by atoms with E-state index in [2.05, 4.69) is 0 Å². The van der Waals surface area contributed by atoms with Gasteiger partial charge >= 0.3 is 0 Å². The first-order valence-electron chi connectivity index (χ1n) is 7.63. The molecule has 1 aromatic carbocycles. The first kappa shape index (κ1) is 18.8. The lowest BCUT2D eigenvalue weighted by atomic mass is 10.3. The molecule has 1 saturated heterocycles. The first-order valence-corrected chi connectivity index (χ1v) is 9.07. The van der Waals surface area contributed by atoms with Crippen molar-refractivity contribution in [3.05, 3.63) is 29.8 Å². The Hall–Kier alpha value is -1.58. The van der Waals surface area contributed by atoms with Crippen LogP contribution in [0.2, 0.25) is 0 Å². The van der Waals surface area contributed by atoms with E-state index < -0.39 is 27.8 Å². The summed E-state index contributed by atoms with van der Waals surface area (Å²) in [5.74, 6) is -2.51. The minimum absolute atomic E-state index is 0.0892. The van der Waals surface area contributed by atoms with Gasteiger partial charge in [0.05, 0.1) is 4.90 Å². The lowest BCUT2D eigenvalue weighted by Crippen LogP contribution is -2.52. The van der Waals surface area contributed by atoms with E-state index in [1.807, 2.05) is 0 Å². The van der Waals surface area contributed by atoms with E-state index in [9.17, 15) is 22.0 Å². The van der Waals surface area contributed by atoms with Crippen LogP contribution in [0.1, 0.15) is 13.8 Å². The Labute approximate surface area is 140 Å². The van der Waals surface area contributed by atoms with E-state index in [4.69, 9.17) is 4.74 Å². The lowest BCUT2D eigenvalue weighted by Gasteiger charge is -2.35. The molecule has 134 valence electrons. The third kappa shape index (κ3) is 3.90. The number of carbonyl (C=O) groups excluding carboxylic acids is 1. The Kier molecular flexibility index (Phi) is 5.89. The fraction of sp³-hybridized carbons (Fsp3) is 0.533. The summed E-state index contributed by atoms with van der Waals surface area (Å²) in [5.41, 5.74) is 0. The number of rotatable bonds is 5. The van der Waals surface area contributed by atoms with Crippen LogP contribution in [0.3, 0.4) is 0 Å². The van der Waals surface area contributed by atoms with Crippen LogP contribution in [0.4, 0.5) is 8.78 Å². The standard InChI is InChI=1S/C15H20F2N2O4S/c1-3-23-11(2)15(20)18-6-8-19(9-7-18)24(21,22)12-4-5-13(16)14(17)10-12/h4-5,10-11H,3,6-9H2,1-2H3. The molecular formula is C15H20F2N2O4S. The van der Waals surface area contributed by atoms with Crippen LogP contribution in [0, 0.1) is 11.6 Å². The Morgan fingerprint density at radius 3 is 2.38 bits per heavy atom. The number of carbonyl (C=O) groups is 1. The zero-order chi connectivity index (χ0) is 17.9. The van der Waals surface area contributed by atoms with E-state index in [-0.39, 0.29) is 37.0 Å². The number of nitrogens with zero attached hydrogens (tertiary/aromatic N) is 2. The summed E-state index contributed by atoms with van der Waals surface area (Å²) in [7, 11) is -3.92. The summed E-state index contributed by atoms with van der Waals surface area (Å²) < 4.78 is 57.6. The molecule has 1 aliphatic heterocycles. The molecule has 1 amide bonds. The Morgan fingerprint density at radius 2 is 1.83 bits per heavy atom. The van der Waals surface area contributed by atoms with Gasteiger partial charge in [0.2, 0.25) is 10.0 Å². The lowest BCUT2D eigenvalue weighted by molar-refractivity contribution is -0.143. The van der Waals surface area contributed by atoms with Gasteiger partial charge < -0.3 is 9.64 Å². The molecule has 6 nitrogen and oxygen atoms in total. The van der Waals surface area contributed by atoms with Crippen LogP contribution in [0.25, 0.3) is 0 Å². The van der Waals surface area contributed by atoms with Crippen molar-refractivity contribution in [2.24, 2.45) is 0 Å². The van der Waals surface area contributed by atoms with Gasteiger partial charge in [0.15, 0.2) is 11.6 Å². The molecule has 2 rings (SSSR count). The van der Waals surface area contributed by atoms with E-state index in [0.29, 0.717) is 12.7 Å². The molecule has 1 aromatic rings. The van der Waals surface area contributed by atoms with Crippen LogP contribution < -0.4 is 0 Å².